The van der Waals surface area contributed by atoms with Crippen LogP contribution in [0.4, 0.5) is 0 Å². The minimum absolute atomic E-state index is 0.838. The molecule has 8 aromatic carbocycles. The topological polar surface area (TPSA) is 83.6 Å². The number of benzene rings is 8. The van der Waals surface area contributed by atoms with Crippen LogP contribution in [0.1, 0.15) is 22.8 Å². The second-order valence-electron chi connectivity index (χ2n) is 22.8. The number of aromatic amines is 2. The quantitative estimate of drug-likeness (QED) is 0.156. The van der Waals surface area contributed by atoms with E-state index in [4.69, 9.17) is 18.4 Å². The number of rotatable bonds is 7. The van der Waals surface area contributed by atoms with Crippen LogP contribution in [0.2, 0.25) is 39.3 Å². The second kappa shape index (κ2) is 19.0. The smallest absolute Gasteiger partial charge is 0.252 e. The monoisotopic (exact) mass is 1070 g/mol. The van der Waals surface area contributed by atoms with E-state index in [2.05, 4.69) is 274 Å². The molecule has 2 N–H and O–H groups in total. The van der Waals surface area contributed by atoms with E-state index >= 15 is 0 Å². The number of H-pyrrole nitrogens is 2. The first-order valence-corrected chi connectivity index (χ1v) is 35.3. The van der Waals surface area contributed by atoms with E-state index in [0.29, 0.717) is 0 Å². The van der Waals surface area contributed by atoms with Crippen molar-refractivity contribution in [2.24, 2.45) is 0 Å². The molecule has 6 heterocycles. The van der Waals surface area contributed by atoms with Crippen molar-refractivity contribution < 1.29 is 8.39 Å². The Morgan fingerprint density at radius 1 is 0.354 bits per heavy atom. The van der Waals surface area contributed by atoms with Crippen LogP contribution in [0, 0.1) is 0 Å². The van der Waals surface area contributed by atoms with Crippen LogP contribution in [0.5, 0.6) is 0 Å². The summed E-state index contributed by atoms with van der Waals surface area (Å²) in [6.07, 6.45) is 8.64. The number of hydrogen-bond donors (Lipinski definition) is 2. The van der Waals surface area contributed by atoms with Gasteiger partial charge in [-0.3, -0.25) is 0 Å². The SMILES string of the molecule is C[Si](C)(C)c1cc2ccccc2c2c1op(-c1cccc(-c3c4nc(c(-c5ccccc5)c5ccc([nH]5)c(-c5ccccc5)c5nc(c(-c6ccccc6)c6ccc3[nH]6)C=C5)C=C4)c1)oc1c([Si](C)(C)C)cc3ccccc3c12. The predicted molar refractivity (Wildman–Crippen MR) is 343 cm³/mol. The van der Waals surface area contributed by atoms with E-state index in [1.54, 1.807) is 0 Å². The highest BCUT2D eigenvalue weighted by Crippen LogP contribution is 2.48. The van der Waals surface area contributed by atoms with Crippen molar-refractivity contribution in [3.8, 4) is 49.8 Å². The third-order valence-electron chi connectivity index (χ3n) is 15.5. The van der Waals surface area contributed by atoms with Crippen LogP contribution < -0.4 is 10.4 Å². The van der Waals surface area contributed by atoms with Gasteiger partial charge in [0, 0.05) is 55.1 Å². The maximum absolute atomic E-state index is 7.70. The van der Waals surface area contributed by atoms with Crippen LogP contribution in [0.3, 0.4) is 0 Å². The first-order valence-electron chi connectivity index (χ1n) is 27.1. The third-order valence-corrected chi connectivity index (χ3v) is 20.9. The Kier molecular flexibility index (Phi) is 11.7. The Labute approximate surface area is 462 Å². The molecule has 382 valence electrons. The van der Waals surface area contributed by atoms with Crippen molar-refractivity contribution in [3.05, 3.63) is 223 Å². The Balaban J connectivity index is 1.11. The maximum atomic E-state index is 7.70. The molecule has 0 radical (unpaired) electrons. The summed E-state index contributed by atoms with van der Waals surface area (Å²) >= 11 is 0. The molecule has 0 spiro atoms. The van der Waals surface area contributed by atoms with E-state index in [0.717, 1.165) is 117 Å². The molecule has 0 fully saturated rings. The van der Waals surface area contributed by atoms with E-state index in [-0.39, 0.29) is 0 Å². The average molecular weight is 1070 g/mol. The molecule has 4 aromatic heterocycles. The third kappa shape index (κ3) is 8.55. The number of hydrogen-bond acceptors (Lipinski definition) is 4. The van der Waals surface area contributed by atoms with Crippen molar-refractivity contribution in [2.75, 3.05) is 0 Å². The lowest BCUT2D eigenvalue weighted by atomic mass is 9.98. The molecule has 0 aliphatic carbocycles. The fourth-order valence-electron chi connectivity index (χ4n) is 11.8. The molecule has 12 aromatic rings. The highest BCUT2D eigenvalue weighted by molar-refractivity contribution is 7.45. The van der Waals surface area contributed by atoms with Crippen LogP contribution in [-0.4, -0.2) is 36.1 Å². The highest BCUT2D eigenvalue weighted by Gasteiger charge is 2.29. The van der Waals surface area contributed by atoms with E-state index in [1.165, 1.54) is 31.9 Å². The van der Waals surface area contributed by atoms with E-state index in [9.17, 15) is 0 Å². The fraction of sp³-hybridized carbons (Fsp3) is 0.0857. The van der Waals surface area contributed by atoms with Gasteiger partial charge in [0.15, 0.2) is 0 Å². The molecule has 8 bridgehead atoms. The summed E-state index contributed by atoms with van der Waals surface area (Å²) in [7, 11) is -5.85. The van der Waals surface area contributed by atoms with Gasteiger partial charge in [-0.1, -0.05) is 203 Å². The molecular weight excluding hydrogens is 1020 g/mol. The predicted octanol–water partition coefficient (Wildman–Crippen LogP) is 19.3. The standard InChI is InChI=1S/C70H57N4O2PSi2/c1-78(2,3)61-42-47-27-16-18-31-51(47)67-68-52-32-19-17-28-48(52)43-62(79(4,5)6)70(68)76-77(75-69(61)67)50-30-20-29-49(41-50)66-59-39-37-57(73-59)64(45-23-12-8-13-24-45)55-35-33-53(71-55)63(44-21-10-7-11-22-44)54-34-36-56(72-54)65(46-25-14-9-15-26-46)58-38-40-60(66)74-58/h7-43,71,74H,1-6H3. The Morgan fingerprint density at radius 3 is 1.08 bits per heavy atom. The molecule has 9 heteroatoms. The van der Waals surface area contributed by atoms with Crippen molar-refractivity contribution in [1.82, 2.24) is 19.9 Å². The van der Waals surface area contributed by atoms with Crippen molar-refractivity contribution in [1.29, 1.82) is 0 Å². The first-order chi connectivity index (χ1) is 38.4. The second-order valence-corrected chi connectivity index (χ2v) is 34.3. The van der Waals surface area contributed by atoms with E-state index < -0.39 is 24.2 Å². The van der Waals surface area contributed by atoms with Gasteiger partial charge in [-0.2, -0.15) is 0 Å². The lowest BCUT2D eigenvalue weighted by Gasteiger charge is -2.20. The molecular formula is C70H57N4O2PSi2. The largest absolute Gasteiger partial charge is 0.416 e. The van der Waals surface area contributed by atoms with Gasteiger partial charge in [0.25, 0.3) is 8.01 Å². The zero-order chi connectivity index (χ0) is 53.6. The van der Waals surface area contributed by atoms with Gasteiger partial charge in [-0.05, 0) is 115 Å². The Morgan fingerprint density at radius 2 is 0.696 bits per heavy atom. The van der Waals surface area contributed by atoms with Crippen LogP contribution in [0.25, 0.3) is 140 Å². The molecule has 6 nitrogen and oxygen atoms in total. The molecule has 0 saturated heterocycles. The molecule has 2 aliphatic rings. The number of nitrogens with zero attached hydrogens (tertiary/aromatic N) is 2. The zero-order valence-corrected chi connectivity index (χ0v) is 47.9. The summed E-state index contributed by atoms with van der Waals surface area (Å²) in [4.78, 5) is 19.0. The zero-order valence-electron chi connectivity index (χ0n) is 45.0. The summed E-state index contributed by atoms with van der Waals surface area (Å²) in [6.45, 7) is 14.6. The van der Waals surface area contributed by atoms with Crippen molar-refractivity contribution in [2.45, 2.75) is 39.3 Å². The van der Waals surface area contributed by atoms with Crippen molar-refractivity contribution >= 4 is 124 Å². The number of nitrogens with one attached hydrogen (secondary N) is 2. The lowest BCUT2D eigenvalue weighted by Crippen LogP contribution is -2.38. The summed E-state index contributed by atoms with van der Waals surface area (Å²) < 4.78 is 15.4. The van der Waals surface area contributed by atoms with Gasteiger partial charge < -0.3 is 18.4 Å². The van der Waals surface area contributed by atoms with Gasteiger partial charge in [0.2, 0.25) is 0 Å². The molecule has 2 aliphatic heterocycles. The fourth-order valence-corrected chi connectivity index (χ4v) is 16.2. The molecule has 79 heavy (non-hydrogen) atoms. The minimum Gasteiger partial charge on any atom is -0.416 e. The van der Waals surface area contributed by atoms with Crippen LogP contribution >= 0.6 is 8.01 Å². The summed E-state index contributed by atoms with van der Waals surface area (Å²) in [5.74, 6) is 0. The van der Waals surface area contributed by atoms with Crippen molar-refractivity contribution in [3.63, 3.8) is 0 Å². The van der Waals surface area contributed by atoms with Gasteiger partial charge in [-0.25, -0.2) is 9.97 Å². The molecule has 0 saturated carbocycles. The normalized spacial score (nSPS) is 12.6. The number of aromatic nitrogens is 4. The maximum Gasteiger partial charge on any atom is 0.252 e. The van der Waals surface area contributed by atoms with Gasteiger partial charge in [-0.15, -0.1) is 0 Å². The van der Waals surface area contributed by atoms with E-state index in [1.807, 2.05) is 0 Å². The average Bonchev–Trinajstić information content (AvgIpc) is 4.28. The summed E-state index contributed by atoms with van der Waals surface area (Å²) in [5.41, 5.74) is 17.3. The van der Waals surface area contributed by atoms with Gasteiger partial charge in [0.05, 0.1) is 44.2 Å². The van der Waals surface area contributed by atoms with Crippen LogP contribution in [0.15, 0.2) is 209 Å². The summed E-state index contributed by atoms with van der Waals surface area (Å²) in [5, 5.41) is 10.6. The molecule has 0 unspecified atom stereocenters. The Hall–Kier alpha value is -8.79. The minimum atomic E-state index is -2.05. The molecule has 0 atom stereocenters. The molecule has 14 rings (SSSR count). The first kappa shape index (κ1) is 48.6. The van der Waals surface area contributed by atoms with Gasteiger partial charge >= 0.3 is 0 Å². The Bertz CT molecular complexity index is 4580. The molecule has 0 amide bonds. The van der Waals surface area contributed by atoms with Gasteiger partial charge in [0.1, 0.15) is 11.2 Å². The summed E-state index contributed by atoms with van der Waals surface area (Å²) in [6, 6.07) is 71.8. The van der Waals surface area contributed by atoms with Crippen LogP contribution in [-0.2, 0) is 0 Å². The number of fused-ring (bicyclic) bond motifs is 15. The lowest BCUT2D eigenvalue weighted by molar-refractivity contribution is 0.653. The highest BCUT2D eigenvalue weighted by atomic mass is 31.1.